The Hall–Kier alpha value is -2.58. The van der Waals surface area contributed by atoms with Crippen LogP contribution >= 0.6 is 11.6 Å². The van der Waals surface area contributed by atoms with E-state index in [0.29, 0.717) is 42.3 Å². The molecule has 0 N–H and O–H groups in total. The Morgan fingerprint density at radius 2 is 1.80 bits per heavy atom. The van der Waals surface area contributed by atoms with Crippen molar-refractivity contribution in [3.8, 4) is 6.07 Å². The van der Waals surface area contributed by atoms with Gasteiger partial charge < -0.3 is 9.80 Å². The summed E-state index contributed by atoms with van der Waals surface area (Å²) in [6, 6.07) is 11.2. The number of benzene rings is 1. The van der Waals surface area contributed by atoms with Crippen molar-refractivity contribution < 1.29 is 4.79 Å². The van der Waals surface area contributed by atoms with Crippen LogP contribution in [0.1, 0.15) is 27.3 Å². The molecule has 2 heterocycles. The third-order valence-electron chi connectivity index (χ3n) is 4.42. The Kier molecular flexibility index (Phi) is 4.91. The number of pyridine rings is 1. The molecular formula is C19H19ClN4O. The molecule has 1 amide bonds. The van der Waals surface area contributed by atoms with Crippen LogP contribution in [0.3, 0.4) is 0 Å². The SMILES string of the molecule is Cc1cc(N2CCN(C(=O)c3ccc(Cl)cc3)CC2)c(C#N)c(C)n1. The molecule has 6 heteroatoms. The smallest absolute Gasteiger partial charge is 0.253 e. The average Bonchev–Trinajstić information content (AvgIpc) is 2.61. The molecule has 0 saturated carbocycles. The first-order chi connectivity index (χ1) is 12.0. The molecule has 3 rings (SSSR count). The standard InChI is InChI=1S/C19H19ClN4O/c1-13-11-18(17(12-21)14(2)22-13)23-7-9-24(10-8-23)19(25)15-3-5-16(20)6-4-15/h3-6,11H,7-10H2,1-2H3. The van der Waals surface area contributed by atoms with Crippen LogP contribution < -0.4 is 4.90 Å². The van der Waals surface area contributed by atoms with Gasteiger partial charge in [0.15, 0.2) is 0 Å². The molecule has 0 bridgehead atoms. The number of anilines is 1. The van der Waals surface area contributed by atoms with Crippen LogP contribution in [0.25, 0.3) is 0 Å². The summed E-state index contributed by atoms with van der Waals surface area (Å²) in [5.74, 6) is 0.0129. The quantitative estimate of drug-likeness (QED) is 0.831. The van der Waals surface area contributed by atoms with Crippen LogP contribution in [0, 0.1) is 25.2 Å². The number of nitrogens with zero attached hydrogens (tertiary/aromatic N) is 4. The molecule has 1 aliphatic heterocycles. The molecule has 0 atom stereocenters. The molecule has 0 unspecified atom stereocenters. The highest BCUT2D eigenvalue weighted by Crippen LogP contribution is 2.25. The van der Waals surface area contributed by atoms with E-state index in [-0.39, 0.29) is 5.91 Å². The third kappa shape index (κ3) is 3.59. The molecule has 1 aromatic carbocycles. The van der Waals surface area contributed by atoms with Gasteiger partial charge in [-0.1, -0.05) is 11.6 Å². The van der Waals surface area contributed by atoms with Crippen molar-refractivity contribution in [2.24, 2.45) is 0 Å². The maximum Gasteiger partial charge on any atom is 0.253 e. The zero-order chi connectivity index (χ0) is 18.0. The first-order valence-electron chi connectivity index (χ1n) is 8.17. The Labute approximate surface area is 152 Å². The number of amides is 1. The number of aromatic nitrogens is 1. The maximum atomic E-state index is 12.6. The molecule has 0 radical (unpaired) electrons. The highest BCUT2D eigenvalue weighted by atomic mass is 35.5. The summed E-state index contributed by atoms with van der Waals surface area (Å²) in [6.45, 7) is 6.40. The lowest BCUT2D eigenvalue weighted by molar-refractivity contribution is 0.0747. The monoisotopic (exact) mass is 354 g/mol. The average molecular weight is 355 g/mol. The molecule has 0 spiro atoms. The fourth-order valence-electron chi connectivity index (χ4n) is 3.12. The van der Waals surface area contributed by atoms with Crippen LogP contribution in [0.2, 0.25) is 5.02 Å². The molecule has 25 heavy (non-hydrogen) atoms. The molecule has 5 nitrogen and oxygen atoms in total. The van der Waals surface area contributed by atoms with Crippen LogP contribution in [0.15, 0.2) is 30.3 Å². The second-order valence-electron chi connectivity index (χ2n) is 6.14. The summed E-state index contributed by atoms with van der Waals surface area (Å²) >= 11 is 5.88. The summed E-state index contributed by atoms with van der Waals surface area (Å²) in [4.78, 5) is 21.0. The minimum Gasteiger partial charge on any atom is -0.367 e. The van der Waals surface area contributed by atoms with Gasteiger partial charge in [0.2, 0.25) is 0 Å². The summed E-state index contributed by atoms with van der Waals surface area (Å²) in [5.41, 5.74) is 3.81. The van der Waals surface area contributed by atoms with Crippen LogP contribution in [0.5, 0.6) is 0 Å². The highest BCUT2D eigenvalue weighted by molar-refractivity contribution is 6.30. The summed E-state index contributed by atoms with van der Waals surface area (Å²) in [6.07, 6.45) is 0. The van der Waals surface area contributed by atoms with Crippen molar-refractivity contribution in [1.29, 1.82) is 5.26 Å². The Bertz CT molecular complexity index is 834. The number of halogens is 1. The van der Waals surface area contributed by atoms with Crippen LogP contribution in [-0.4, -0.2) is 42.0 Å². The molecule has 128 valence electrons. The van der Waals surface area contributed by atoms with Crippen LogP contribution in [0.4, 0.5) is 5.69 Å². The fraction of sp³-hybridized carbons (Fsp3) is 0.316. The highest BCUT2D eigenvalue weighted by Gasteiger charge is 2.24. The molecule has 1 aliphatic rings. The van der Waals surface area contributed by atoms with Crippen molar-refractivity contribution in [2.75, 3.05) is 31.1 Å². The zero-order valence-electron chi connectivity index (χ0n) is 14.3. The van der Waals surface area contributed by atoms with E-state index < -0.39 is 0 Å². The molecule has 1 aromatic heterocycles. The summed E-state index contributed by atoms with van der Waals surface area (Å²) < 4.78 is 0. The summed E-state index contributed by atoms with van der Waals surface area (Å²) in [5, 5.41) is 10.1. The van der Waals surface area contributed by atoms with Gasteiger partial charge in [-0.15, -0.1) is 0 Å². The van der Waals surface area contributed by atoms with Gasteiger partial charge in [0, 0.05) is 42.5 Å². The van der Waals surface area contributed by atoms with E-state index in [4.69, 9.17) is 11.6 Å². The van der Waals surface area contributed by atoms with E-state index in [1.165, 1.54) is 0 Å². The predicted molar refractivity (Wildman–Crippen MR) is 98.0 cm³/mol. The Balaban J connectivity index is 1.73. The second kappa shape index (κ2) is 7.12. The van der Waals surface area contributed by atoms with Gasteiger partial charge >= 0.3 is 0 Å². The molecule has 1 saturated heterocycles. The fourth-order valence-corrected chi connectivity index (χ4v) is 3.25. The molecule has 1 fully saturated rings. The van der Waals surface area contributed by atoms with E-state index in [0.717, 1.165) is 17.1 Å². The van der Waals surface area contributed by atoms with Gasteiger partial charge in [0.1, 0.15) is 6.07 Å². The van der Waals surface area contributed by atoms with Gasteiger partial charge in [0.05, 0.1) is 16.9 Å². The number of nitriles is 1. The van der Waals surface area contributed by atoms with Crippen LogP contribution in [-0.2, 0) is 0 Å². The van der Waals surface area contributed by atoms with E-state index in [2.05, 4.69) is 16.0 Å². The van der Waals surface area contributed by atoms with Crippen molar-refractivity contribution in [3.63, 3.8) is 0 Å². The van der Waals surface area contributed by atoms with Gasteiger partial charge in [-0.05, 0) is 44.2 Å². The lowest BCUT2D eigenvalue weighted by atomic mass is 10.1. The zero-order valence-corrected chi connectivity index (χ0v) is 15.0. The maximum absolute atomic E-state index is 12.6. The van der Waals surface area contributed by atoms with Crippen molar-refractivity contribution in [1.82, 2.24) is 9.88 Å². The minimum atomic E-state index is 0.0129. The van der Waals surface area contributed by atoms with Gasteiger partial charge in [0.25, 0.3) is 5.91 Å². The number of hydrogen-bond donors (Lipinski definition) is 0. The molecular weight excluding hydrogens is 336 g/mol. The number of carbonyl (C=O) groups is 1. The first kappa shape index (κ1) is 17.2. The Morgan fingerprint density at radius 1 is 1.16 bits per heavy atom. The normalized spacial score (nSPS) is 14.3. The number of hydrogen-bond acceptors (Lipinski definition) is 4. The van der Waals surface area contributed by atoms with E-state index in [1.54, 1.807) is 24.3 Å². The number of carbonyl (C=O) groups excluding carboxylic acids is 1. The first-order valence-corrected chi connectivity index (χ1v) is 8.55. The number of rotatable bonds is 2. The summed E-state index contributed by atoms with van der Waals surface area (Å²) in [7, 11) is 0. The lowest BCUT2D eigenvalue weighted by Gasteiger charge is -2.36. The minimum absolute atomic E-state index is 0.0129. The van der Waals surface area contributed by atoms with E-state index in [9.17, 15) is 10.1 Å². The van der Waals surface area contributed by atoms with E-state index in [1.807, 2.05) is 24.8 Å². The molecule has 2 aromatic rings. The number of piperazine rings is 1. The lowest BCUT2D eigenvalue weighted by Crippen LogP contribution is -2.49. The van der Waals surface area contributed by atoms with Crippen molar-refractivity contribution in [3.05, 3.63) is 57.9 Å². The van der Waals surface area contributed by atoms with Crippen molar-refractivity contribution in [2.45, 2.75) is 13.8 Å². The van der Waals surface area contributed by atoms with E-state index >= 15 is 0 Å². The van der Waals surface area contributed by atoms with Gasteiger partial charge in [-0.25, -0.2) is 0 Å². The van der Waals surface area contributed by atoms with Gasteiger partial charge in [-0.2, -0.15) is 5.26 Å². The van der Waals surface area contributed by atoms with Gasteiger partial charge in [-0.3, -0.25) is 9.78 Å². The number of aryl methyl sites for hydroxylation is 2. The molecule has 0 aliphatic carbocycles. The second-order valence-corrected chi connectivity index (χ2v) is 6.58. The Morgan fingerprint density at radius 3 is 2.40 bits per heavy atom. The van der Waals surface area contributed by atoms with Crippen molar-refractivity contribution >= 4 is 23.2 Å². The predicted octanol–water partition coefficient (Wildman–Crippen LogP) is 3.19. The largest absolute Gasteiger partial charge is 0.367 e. The topological polar surface area (TPSA) is 60.2 Å². The third-order valence-corrected chi connectivity index (χ3v) is 4.67.